The summed E-state index contributed by atoms with van der Waals surface area (Å²) in [6.45, 7) is 6.37. The molecule has 0 aliphatic carbocycles. The van der Waals surface area contributed by atoms with Crippen molar-refractivity contribution in [1.82, 2.24) is 10.6 Å². The number of hydrogen-bond donors (Lipinski definition) is 3. The second-order valence-electron chi connectivity index (χ2n) is 4.86. The van der Waals surface area contributed by atoms with E-state index in [-0.39, 0.29) is 12.5 Å². The molecule has 82 valence electrons. The van der Waals surface area contributed by atoms with E-state index < -0.39 is 11.1 Å². The average molecular weight is 200 g/mol. The molecule has 1 atom stereocenters. The molecule has 1 rings (SSSR count). The Morgan fingerprint density at radius 2 is 2.29 bits per heavy atom. The van der Waals surface area contributed by atoms with Crippen molar-refractivity contribution >= 4 is 5.91 Å². The maximum atomic E-state index is 11.9. The summed E-state index contributed by atoms with van der Waals surface area (Å²) in [5, 5.41) is 15.1. The van der Waals surface area contributed by atoms with Crippen LogP contribution in [0.3, 0.4) is 0 Å². The van der Waals surface area contributed by atoms with Gasteiger partial charge in [-0.2, -0.15) is 0 Å². The van der Waals surface area contributed by atoms with Crippen LogP contribution in [0.25, 0.3) is 0 Å². The Bertz CT molecular complexity index is 220. The Labute approximate surface area is 85.1 Å². The zero-order valence-corrected chi connectivity index (χ0v) is 9.18. The van der Waals surface area contributed by atoms with E-state index in [1.165, 1.54) is 0 Å². The summed E-state index contributed by atoms with van der Waals surface area (Å²) < 4.78 is 0. The van der Waals surface area contributed by atoms with Crippen molar-refractivity contribution in [3.05, 3.63) is 0 Å². The van der Waals surface area contributed by atoms with Gasteiger partial charge in [0.2, 0.25) is 5.91 Å². The van der Waals surface area contributed by atoms with Gasteiger partial charge in [-0.05, 0) is 40.2 Å². The van der Waals surface area contributed by atoms with Crippen LogP contribution in [-0.4, -0.2) is 35.2 Å². The van der Waals surface area contributed by atoms with Gasteiger partial charge in [-0.1, -0.05) is 0 Å². The van der Waals surface area contributed by atoms with Crippen molar-refractivity contribution in [1.29, 1.82) is 0 Å². The number of carbonyl (C=O) groups is 1. The van der Waals surface area contributed by atoms with E-state index in [0.717, 1.165) is 19.4 Å². The molecule has 1 aliphatic rings. The van der Waals surface area contributed by atoms with Gasteiger partial charge in [0, 0.05) is 0 Å². The molecule has 1 fully saturated rings. The maximum absolute atomic E-state index is 11.9. The molecule has 0 radical (unpaired) electrons. The van der Waals surface area contributed by atoms with E-state index >= 15 is 0 Å². The minimum Gasteiger partial charge on any atom is -0.394 e. The number of rotatable bonds is 3. The van der Waals surface area contributed by atoms with E-state index in [9.17, 15) is 4.79 Å². The monoisotopic (exact) mass is 200 g/mol. The third kappa shape index (κ3) is 2.45. The van der Waals surface area contributed by atoms with E-state index in [1.54, 1.807) is 0 Å². The molecule has 14 heavy (non-hydrogen) atoms. The van der Waals surface area contributed by atoms with Gasteiger partial charge in [0.05, 0.1) is 17.7 Å². The maximum Gasteiger partial charge on any atom is 0.240 e. The predicted octanol–water partition coefficient (Wildman–Crippen LogP) is 0.0156. The molecule has 1 saturated heterocycles. The lowest BCUT2D eigenvalue weighted by atomic mass is 9.97. The summed E-state index contributed by atoms with van der Waals surface area (Å²) in [4.78, 5) is 11.9. The number of nitrogens with one attached hydrogen (secondary N) is 2. The summed E-state index contributed by atoms with van der Waals surface area (Å²) in [6.07, 6.45) is 1.89. The lowest BCUT2D eigenvalue weighted by Crippen LogP contribution is -2.57. The van der Waals surface area contributed by atoms with E-state index in [4.69, 9.17) is 5.11 Å². The van der Waals surface area contributed by atoms with E-state index in [0.29, 0.717) is 0 Å². The Hall–Kier alpha value is -0.610. The minimum absolute atomic E-state index is 0.0194. The standard InChI is InChI=1S/C10H20N2O2/c1-9(2,7-13)12-8(14)10(3)5-4-6-11-10/h11,13H,4-7H2,1-3H3,(H,12,14). The van der Waals surface area contributed by atoms with Crippen LogP contribution in [0.4, 0.5) is 0 Å². The summed E-state index contributed by atoms with van der Waals surface area (Å²) in [5.41, 5.74) is -0.989. The molecule has 0 aromatic carbocycles. The van der Waals surface area contributed by atoms with Crippen molar-refractivity contribution in [3.63, 3.8) is 0 Å². The first kappa shape index (κ1) is 11.5. The van der Waals surface area contributed by atoms with Crippen LogP contribution in [0.2, 0.25) is 0 Å². The molecule has 0 bridgehead atoms. The second-order valence-corrected chi connectivity index (χ2v) is 4.86. The molecule has 1 amide bonds. The van der Waals surface area contributed by atoms with Gasteiger partial charge in [0.15, 0.2) is 0 Å². The van der Waals surface area contributed by atoms with Gasteiger partial charge < -0.3 is 15.7 Å². The molecule has 3 N–H and O–H groups in total. The fourth-order valence-electron chi connectivity index (χ4n) is 1.57. The highest BCUT2D eigenvalue weighted by molar-refractivity contribution is 5.86. The topological polar surface area (TPSA) is 61.4 Å². The van der Waals surface area contributed by atoms with Gasteiger partial charge in [-0.25, -0.2) is 0 Å². The lowest BCUT2D eigenvalue weighted by molar-refractivity contribution is -0.128. The Morgan fingerprint density at radius 1 is 1.64 bits per heavy atom. The molecule has 0 saturated carbocycles. The van der Waals surface area contributed by atoms with Crippen LogP contribution in [0.1, 0.15) is 33.6 Å². The molecule has 0 spiro atoms. The number of amides is 1. The van der Waals surface area contributed by atoms with Gasteiger partial charge >= 0.3 is 0 Å². The van der Waals surface area contributed by atoms with Gasteiger partial charge in [-0.3, -0.25) is 4.79 Å². The SMILES string of the molecule is CC(C)(CO)NC(=O)C1(C)CCCN1. The number of carbonyl (C=O) groups excluding carboxylic acids is 1. The summed E-state index contributed by atoms with van der Waals surface area (Å²) in [5.74, 6) is -0.0194. The fraction of sp³-hybridized carbons (Fsp3) is 0.900. The van der Waals surface area contributed by atoms with E-state index in [2.05, 4.69) is 10.6 Å². The minimum atomic E-state index is -0.537. The molecular formula is C10H20N2O2. The molecule has 1 unspecified atom stereocenters. The van der Waals surface area contributed by atoms with Crippen molar-refractivity contribution in [2.75, 3.05) is 13.2 Å². The van der Waals surface area contributed by atoms with Crippen LogP contribution in [0, 0.1) is 0 Å². The first-order valence-corrected chi connectivity index (χ1v) is 5.08. The zero-order valence-electron chi connectivity index (χ0n) is 9.18. The Balaban J connectivity index is 2.57. The van der Waals surface area contributed by atoms with Crippen molar-refractivity contribution in [3.8, 4) is 0 Å². The van der Waals surface area contributed by atoms with Crippen molar-refractivity contribution in [2.24, 2.45) is 0 Å². The highest BCUT2D eigenvalue weighted by Gasteiger charge is 2.37. The zero-order chi connectivity index (χ0) is 10.8. The van der Waals surface area contributed by atoms with Crippen molar-refractivity contribution < 1.29 is 9.90 Å². The van der Waals surface area contributed by atoms with Crippen LogP contribution < -0.4 is 10.6 Å². The summed E-state index contributed by atoms with van der Waals surface area (Å²) >= 11 is 0. The highest BCUT2D eigenvalue weighted by Crippen LogP contribution is 2.19. The molecule has 0 aromatic rings. The van der Waals surface area contributed by atoms with Gasteiger partial charge in [0.25, 0.3) is 0 Å². The average Bonchev–Trinajstić information content (AvgIpc) is 2.53. The summed E-state index contributed by atoms with van der Waals surface area (Å²) in [6, 6.07) is 0. The van der Waals surface area contributed by atoms with Gasteiger partial charge in [0.1, 0.15) is 0 Å². The van der Waals surface area contributed by atoms with Crippen LogP contribution >= 0.6 is 0 Å². The fourth-order valence-corrected chi connectivity index (χ4v) is 1.57. The Kier molecular flexibility index (Phi) is 3.17. The number of aliphatic hydroxyl groups excluding tert-OH is 1. The van der Waals surface area contributed by atoms with Crippen LogP contribution in [-0.2, 0) is 4.79 Å². The largest absolute Gasteiger partial charge is 0.394 e. The number of hydrogen-bond acceptors (Lipinski definition) is 3. The highest BCUT2D eigenvalue weighted by atomic mass is 16.3. The molecule has 1 aliphatic heterocycles. The predicted molar refractivity (Wildman–Crippen MR) is 54.9 cm³/mol. The number of aliphatic hydroxyl groups is 1. The lowest BCUT2D eigenvalue weighted by Gasteiger charge is -2.30. The summed E-state index contributed by atoms with van der Waals surface area (Å²) in [7, 11) is 0. The first-order chi connectivity index (χ1) is 6.40. The third-order valence-electron chi connectivity index (χ3n) is 2.72. The first-order valence-electron chi connectivity index (χ1n) is 5.08. The van der Waals surface area contributed by atoms with E-state index in [1.807, 2.05) is 20.8 Å². The third-order valence-corrected chi connectivity index (χ3v) is 2.72. The molecule has 4 heteroatoms. The van der Waals surface area contributed by atoms with Crippen LogP contribution in [0.15, 0.2) is 0 Å². The van der Waals surface area contributed by atoms with Crippen LogP contribution in [0.5, 0.6) is 0 Å². The second kappa shape index (κ2) is 3.87. The Morgan fingerprint density at radius 3 is 2.71 bits per heavy atom. The molecule has 1 heterocycles. The van der Waals surface area contributed by atoms with Crippen molar-refractivity contribution in [2.45, 2.75) is 44.7 Å². The molecule has 4 nitrogen and oxygen atoms in total. The molecule has 0 aromatic heterocycles. The quantitative estimate of drug-likeness (QED) is 0.601. The molecular weight excluding hydrogens is 180 g/mol. The normalized spacial score (nSPS) is 27.7. The smallest absolute Gasteiger partial charge is 0.240 e. The van der Waals surface area contributed by atoms with Gasteiger partial charge in [-0.15, -0.1) is 0 Å².